The summed E-state index contributed by atoms with van der Waals surface area (Å²) in [5.41, 5.74) is 1.46. The van der Waals surface area contributed by atoms with Gasteiger partial charge < -0.3 is 23.5 Å². The van der Waals surface area contributed by atoms with E-state index in [0.29, 0.717) is 31.2 Å². The number of hydrogen-bond donors (Lipinski definition) is 0. The first-order valence-corrected chi connectivity index (χ1v) is 11.1. The molecule has 2 saturated heterocycles. The summed E-state index contributed by atoms with van der Waals surface area (Å²) in [4.78, 5) is 21.1. The third kappa shape index (κ3) is 4.87. The normalized spacial score (nSPS) is 19.4. The molecule has 0 bridgehead atoms. The number of para-hydroxylation sites is 2. The Balaban J connectivity index is 1.04. The maximum Gasteiger partial charge on any atom is 0.400 e. The van der Waals surface area contributed by atoms with E-state index in [1.54, 1.807) is 0 Å². The van der Waals surface area contributed by atoms with Crippen molar-refractivity contribution in [2.24, 2.45) is 5.92 Å². The molecule has 8 heteroatoms. The predicted molar refractivity (Wildman–Crippen MR) is 118 cm³/mol. The number of ether oxygens (including phenoxy) is 3. The van der Waals surface area contributed by atoms with Gasteiger partial charge in [0.1, 0.15) is 23.6 Å². The lowest BCUT2D eigenvalue weighted by molar-refractivity contribution is -0.137. The van der Waals surface area contributed by atoms with Gasteiger partial charge in [0.05, 0.1) is 12.5 Å². The summed E-state index contributed by atoms with van der Waals surface area (Å²) in [6.45, 7) is 6.00. The quantitative estimate of drug-likeness (QED) is 0.562. The van der Waals surface area contributed by atoms with E-state index in [1.807, 2.05) is 53.4 Å². The number of rotatable bonds is 7. The zero-order valence-electron chi connectivity index (χ0n) is 17.9. The Morgan fingerprint density at radius 2 is 1.81 bits per heavy atom. The van der Waals surface area contributed by atoms with Gasteiger partial charge in [0.25, 0.3) is 0 Å². The average Bonchev–Trinajstić information content (AvgIpc) is 3.50. The van der Waals surface area contributed by atoms with Gasteiger partial charge in [-0.05, 0) is 42.8 Å². The Morgan fingerprint density at radius 1 is 1.03 bits per heavy atom. The summed E-state index contributed by atoms with van der Waals surface area (Å²) in [6, 6.07) is 15.0. The number of aromatic nitrogens is 1. The molecule has 2 fully saturated rings. The molecule has 32 heavy (non-hydrogen) atoms. The first kappa shape index (κ1) is 20.8. The molecule has 1 aromatic heterocycles. The number of fused-ring (bicyclic) bond motifs is 1. The van der Waals surface area contributed by atoms with Crippen LogP contribution in [0.15, 0.2) is 52.9 Å². The van der Waals surface area contributed by atoms with E-state index in [-0.39, 0.29) is 17.9 Å². The molecular weight excluding hydrogens is 410 g/mol. The lowest BCUT2D eigenvalue weighted by Gasteiger charge is -2.35. The number of benzene rings is 2. The van der Waals surface area contributed by atoms with E-state index >= 15 is 0 Å². The topological polar surface area (TPSA) is 77.3 Å². The first-order chi connectivity index (χ1) is 15.7. The fourth-order valence-corrected chi connectivity index (χ4v) is 4.07. The van der Waals surface area contributed by atoms with Crippen molar-refractivity contribution in [1.29, 1.82) is 0 Å². The maximum absolute atomic E-state index is 12.5. The summed E-state index contributed by atoms with van der Waals surface area (Å²) < 4.78 is 22.5. The van der Waals surface area contributed by atoms with E-state index in [4.69, 9.17) is 18.6 Å². The van der Waals surface area contributed by atoms with Crippen LogP contribution in [-0.4, -0.2) is 73.2 Å². The second-order valence-electron chi connectivity index (χ2n) is 8.10. The number of amides is 1. The van der Waals surface area contributed by atoms with Gasteiger partial charge >= 0.3 is 6.08 Å². The average molecular weight is 437 g/mol. The van der Waals surface area contributed by atoms with Gasteiger partial charge in [-0.25, -0.2) is 0 Å². The molecule has 1 atom stereocenters. The summed E-state index contributed by atoms with van der Waals surface area (Å²) >= 11 is 0. The van der Waals surface area contributed by atoms with Gasteiger partial charge in [0, 0.05) is 39.3 Å². The number of oxazole rings is 1. The predicted octanol–water partition coefficient (Wildman–Crippen LogP) is 3.18. The highest BCUT2D eigenvalue weighted by Crippen LogP contribution is 2.26. The van der Waals surface area contributed by atoms with Gasteiger partial charge in [-0.2, -0.15) is 4.98 Å². The highest BCUT2D eigenvalue weighted by molar-refractivity contribution is 5.79. The van der Waals surface area contributed by atoms with E-state index in [1.165, 1.54) is 0 Å². The molecular formula is C24H27N3O5. The number of hydrogen-bond acceptors (Lipinski definition) is 7. The molecule has 3 aromatic rings. The van der Waals surface area contributed by atoms with E-state index in [2.05, 4.69) is 9.88 Å². The zero-order valence-corrected chi connectivity index (χ0v) is 17.9. The maximum atomic E-state index is 12.5. The van der Waals surface area contributed by atoms with Crippen LogP contribution < -0.4 is 9.47 Å². The van der Waals surface area contributed by atoms with Crippen molar-refractivity contribution in [3.63, 3.8) is 0 Å². The largest absolute Gasteiger partial charge is 0.492 e. The highest BCUT2D eigenvalue weighted by Gasteiger charge is 2.29. The monoisotopic (exact) mass is 437 g/mol. The molecule has 5 rings (SSSR count). The zero-order chi connectivity index (χ0) is 21.8. The van der Waals surface area contributed by atoms with E-state index in [9.17, 15) is 4.79 Å². The Labute approximate surface area is 186 Å². The van der Waals surface area contributed by atoms with Crippen molar-refractivity contribution >= 4 is 17.0 Å². The molecule has 0 N–H and O–H groups in total. The Hall–Kier alpha value is -3.10. The third-order valence-corrected chi connectivity index (χ3v) is 5.94. The second-order valence-corrected chi connectivity index (χ2v) is 8.10. The molecule has 0 saturated carbocycles. The fourth-order valence-electron chi connectivity index (χ4n) is 4.07. The van der Waals surface area contributed by atoms with Crippen LogP contribution >= 0.6 is 0 Å². The van der Waals surface area contributed by atoms with Crippen LogP contribution in [0.3, 0.4) is 0 Å². The van der Waals surface area contributed by atoms with E-state index < -0.39 is 0 Å². The smallest absolute Gasteiger partial charge is 0.400 e. The number of carbonyl (C=O) groups is 1. The Morgan fingerprint density at radius 3 is 2.56 bits per heavy atom. The molecule has 8 nitrogen and oxygen atoms in total. The minimum absolute atomic E-state index is 0.0551. The number of carbonyl (C=O) groups excluding carboxylic acids is 1. The van der Waals surface area contributed by atoms with Crippen LogP contribution in [-0.2, 0) is 9.53 Å². The summed E-state index contributed by atoms with van der Waals surface area (Å²) in [7, 11) is 0. The number of nitrogens with zero attached hydrogens (tertiary/aromatic N) is 3. The second kappa shape index (κ2) is 9.58. The van der Waals surface area contributed by atoms with Gasteiger partial charge in [-0.15, -0.1) is 0 Å². The fraction of sp³-hybridized carbons (Fsp3) is 0.417. The van der Waals surface area contributed by atoms with Crippen molar-refractivity contribution < 1.29 is 23.4 Å². The van der Waals surface area contributed by atoms with Crippen LogP contribution in [0.4, 0.5) is 0 Å². The minimum Gasteiger partial charge on any atom is -0.492 e. The van der Waals surface area contributed by atoms with Crippen LogP contribution in [0.2, 0.25) is 0 Å². The van der Waals surface area contributed by atoms with Crippen LogP contribution in [0.1, 0.15) is 6.42 Å². The molecule has 2 aromatic carbocycles. The molecule has 2 aliphatic heterocycles. The lowest BCUT2D eigenvalue weighted by Crippen LogP contribution is -2.51. The van der Waals surface area contributed by atoms with Gasteiger partial charge in [0.2, 0.25) is 5.91 Å². The molecule has 1 unspecified atom stereocenters. The molecule has 2 aliphatic rings. The summed E-state index contributed by atoms with van der Waals surface area (Å²) in [5.74, 6) is 1.72. The van der Waals surface area contributed by atoms with Crippen molar-refractivity contribution in [2.75, 3.05) is 52.5 Å². The lowest BCUT2D eigenvalue weighted by atomic mass is 10.1. The van der Waals surface area contributed by atoms with Crippen molar-refractivity contribution in [3.8, 4) is 17.6 Å². The van der Waals surface area contributed by atoms with Crippen LogP contribution in [0.5, 0.6) is 17.6 Å². The summed E-state index contributed by atoms with van der Waals surface area (Å²) in [5, 5.41) is 0. The van der Waals surface area contributed by atoms with Crippen molar-refractivity contribution in [3.05, 3.63) is 48.5 Å². The van der Waals surface area contributed by atoms with Crippen molar-refractivity contribution in [1.82, 2.24) is 14.8 Å². The SMILES string of the molecule is O=C(C1CCOC1)N1CCN(CCOc2ccc(Oc3nc4ccccc4o3)cc2)CC1. The molecule has 168 valence electrons. The Bertz CT molecular complexity index is 1000. The first-order valence-electron chi connectivity index (χ1n) is 11.1. The third-order valence-electron chi connectivity index (χ3n) is 5.94. The highest BCUT2D eigenvalue weighted by atomic mass is 16.6. The number of piperazine rings is 1. The van der Waals surface area contributed by atoms with Gasteiger partial charge in [-0.3, -0.25) is 9.69 Å². The van der Waals surface area contributed by atoms with Crippen molar-refractivity contribution in [2.45, 2.75) is 6.42 Å². The Kier molecular flexibility index (Phi) is 6.22. The molecule has 1 amide bonds. The standard InChI is InChI=1S/C24H27N3O5/c28-23(18-9-15-29-17-18)27-12-10-26(11-13-27)14-16-30-19-5-7-20(8-6-19)31-24-25-21-3-1-2-4-22(21)32-24/h1-8,18H,9-17H2. The molecule has 0 radical (unpaired) electrons. The molecule has 0 spiro atoms. The van der Waals surface area contributed by atoms with Crippen LogP contribution in [0.25, 0.3) is 11.1 Å². The van der Waals surface area contributed by atoms with Crippen LogP contribution in [0, 0.1) is 5.92 Å². The summed E-state index contributed by atoms with van der Waals surface area (Å²) in [6.07, 6.45) is 1.07. The van der Waals surface area contributed by atoms with E-state index in [0.717, 1.165) is 50.4 Å². The van der Waals surface area contributed by atoms with Gasteiger partial charge in [-0.1, -0.05) is 12.1 Å². The molecule has 0 aliphatic carbocycles. The molecule has 3 heterocycles. The minimum atomic E-state index is 0.0551. The van der Waals surface area contributed by atoms with Gasteiger partial charge in [0.15, 0.2) is 5.58 Å².